The van der Waals surface area contributed by atoms with Gasteiger partial charge in [-0.3, -0.25) is 0 Å². The molecule has 0 atom stereocenters. The van der Waals surface area contributed by atoms with E-state index in [2.05, 4.69) is 82.6 Å². The van der Waals surface area contributed by atoms with Crippen molar-refractivity contribution in [2.75, 3.05) is 14.2 Å². The van der Waals surface area contributed by atoms with Gasteiger partial charge in [-0.1, -0.05) is 72.8 Å². The molecule has 0 aliphatic carbocycles. The molecule has 2 nitrogen and oxygen atoms in total. The monoisotopic (exact) mass is 314 g/mol. The molecular formula is C22H18O2. The van der Waals surface area contributed by atoms with Crippen LogP contribution in [-0.4, -0.2) is 14.2 Å². The van der Waals surface area contributed by atoms with Gasteiger partial charge in [0.05, 0.1) is 14.2 Å². The fourth-order valence-electron chi connectivity index (χ4n) is 3.58. The lowest BCUT2D eigenvalue weighted by Crippen LogP contribution is -1.85. The highest BCUT2D eigenvalue weighted by Crippen LogP contribution is 2.39. The van der Waals surface area contributed by atoms with Gasteiger partial charge in [-0.2, -0.15) is 0 Å². The Labute approximate surface area is 140 Å². The van der Waals surface area contributed by atoms with Gasteiger partial charge >= 0.3 is 0 Å². The SMILES string of the molecule is COOC.c1cc2cccc3c4cccc5cccc(c(c1)c23)c54. The first kappa shape index (κ1) is 14.9. The molecule has 118 valence electrons. The van der Waals surface area contributed by atoms with Crippen LogP contribution in [0.15, 0.2) is 72.8 Å². The zero-order chi connectivity index (χ0) is 16.5. The molecule has 0 saturated heterocycles. The quantitative estimate of drug-likeness (QED) is 0.165. The first-order valence-electron chi connectivity index (χ1n) is 7.96. The molecule has 0 amide bonds. The molecule has 0 fully saturated rings. The Morgan fingerprint density at radius 3 is 1.00 bits per heavy atom. The van der Waals surface area contributed by atoms with Gasteiger partial charge in [0.2, 0.25) is 0 Å². The summed E-state index contributed by atoms with van der Waals surface area (Å²) in [5, 5.41) is 10.9. The van der Waals surface area contributed by atoms with E-state index in [1.54, 1.807) is 0 Å². The molecule has 0 saturated carbocycles. The summed E-state index contributed by atoms with van der Waals surface area (Å²) in [5.41, 5.74) is 0. The van der Waals surface area contributed by atoms with Gasteiger partial charge < -0.3 is 0 Å². The molecule has 5 aromatic rings. The number of fused-ring (bicyclic) bond motifs is 2. The van der Waals surface area contributed by atoms with E-state index < -0.39 is 0 Å². The molecular weight excluding hydrogens is 296 g/mol. The molecule has 0 radical (unpaired) electrons. The van der Waals surface area contributed by atoms with E-state index in [1.165, 1.54) is 57.3 Å². The van der Waals surface area contributed by atoms with Crippen LogP contribution in [0.2, 0.25) is 0 Å². The third kappa shape index (κ3) is 2.20. The highest BCUT2D eigenvalue weighted by Gasteiger charge is 2.11. The van der Waals surface area contributed by atoms with E-state index in [1.807, 2.05) is 0 Å². The Hall–Kier alpha value is -2.68. The Kier molecular flexibility index (Phi) is 3.77. The average molecular weight is 314 g/mol. The maximum absolute atomic E-state index is 4.04. The minimum Gasteiger partial charge on any atom is -0.240 e. The third-order valence-electron chi connectivity index (χ3n) is 4.56. The highest BCUT2D eigenvalue weighted by atomic mass is 17.2. The molecule has 0 bridgehead atoms. The summed E-state index contributed by atoms with van der Waals surface area (Å²) >= 11 is 0. The predicted molar refractivity (Wildman–Crippen MR) is 102 cm³/mol. The van der Waals surface area contributed by atoms with Crippen LogP contribution in [0.25, 0.3) is 43.1 Å². The minimum absolute atomic E-state index is 1.33. The summed E-state index contributed by atoms with van der Waals surface area (Å²) in [6.45, 7) is 0. The summed E-state index contributed by atoms with van der Waals surface area (Å²) in [6, 6.07) is 26.4. The van der Waals surface area contributed by atoms with Gasteiger partial charge in [-0.05, 0) is 43.1 Å². The maximum atomic E-state index is 4.04. The summed E-state index contributed by atoms with van der Waals surface area (Å²) in [4.78, 5) is 8.08. The topological polar surface area (TPSA) is 18.5 Å². The minimum atomic E-state index is 1.33. The van der Waals surface area contributed by atoms with Gasteiger partial charge in [0.1, 0.15) is 0 Å². The fraction of sp³-hybridized carbons (Fsp3) is 0.0909. The summed E-state index contributed by atoms with van der Waals surface area (Å²) < 4.78 is 0. The fourth-order valence-corrected chi connectivity index (χ4v) is 3.58. The molecule has 24 heavy (non-hydrogen) atoms. The molecule has 0 aliphatic rings. The van der Waals surface area contributed by atoms with E-state index >= 15 is 0 Å². The molecule has 0 heterocycles. The highest BCUT2D eigenvalue weighted by molar-refractivity contribution is 6.32. The van der Waals surface area contributed by atoms with E-state index in [-0.39, 0.29) is 0 Å². The number of hydrogen-bond donors (Lipinski definition) is 0. The van der Waals surface area contributed by atoms with Crippen LogP contribution in [0.5, 0.6) is 0 Å². The lowest BCUT2D eigenvalue weighted by atomic mass is 9.90. The smallest absolute Gasteiger partial charge is 0.0712 e. The van der Waals surface area contributed by atoms with Crippen LogP contribution in [0.4, 0.5) is 0 Å². The average Bonchev–Trinajstić information content (AvgIpc) is 2.66. The van der Waals surface area contributed by atoms with Crippen LogP contribution in [-0.2, 0) is 9.78 Å². The van der Waals surface area contributed by atoms with Crippen LogP contribution in [0, 0.1) is 0 Å². The van der Waals surface area contributed by atoms with Crippen molar-refractivity contribution in [2.45, 2.75) is 0 Å². The van der Waals surface area contributed by atoms with Crippen molar-refractivity contribution in [1.82, 2.24) is 0 Å². The van der Waals surface area contributed by atoms with Crippen molar-refractivity contribution < 1.29 is 9.78 Å². The second kappa shape index (κ2) is 6.08. The first-order chi connectivity index (χ1) is 11.8. The molecule has 0 aromatic heterocycles. The lowest BCUT2D eigenvalue weighted by molar-refractivity contribution is -0.248. The number of rotatable bonds is 1. The number of hydrogen-bond acceptors (Lipinski definition) is 2. The Bertz CT molecular complexity index is 957. The zero-order valence-electron chi connectivity index (χ0n) is 13.7. The van der Waals surface area contributed by atoms with Gasteiger partial charge in [0, 0.05) is 0 Å². The molecule has 5 aromatic carbocycles. The van der Waals surface area contributed by atoms with Crippen LogP contribution in [0.3, 0.4) is 0 Å². The second-order valence-electron chi connectivity index (χ2n) is 5.75. The van der Waals surface area contributed by atoms with Crippen molar-refractivity contribution >= 4 is 43.1 Å². The number of benzene rings is 5. The normalized spacial score (nSPS) is 11.2. The molecule has 0 aliphatic heterocycles. The largest absolute Gasteiger partial charge is 0.240 e. The summed E-state index contributed by atoms with van der Waals surface area (Å²) in [6.07, 6.45) is 0. The summed E-state index contributed by atoms with van der Waals surface area (Å²) in [5.74, 6) is 0. The van der Waals surface area contributed by atoms with Crippen LogP contribution in [0.1, 0.15) is 0 Å². The second-order valence-corrected chi connectivity index (χ2v) is 5.75. The third-order valence-corrected chi connectivity index (χ3v) is 4.56. The molecule has 0 N–H and O–H groups in total. The molecule has 5 rings (SSSR count). The van der Waals surface area contributed by atoms with Crippen molar-refractivity contribution in [1.29, 1.82) is 0 Å². The molecule has 2 heteroatoms. The van der Waals surface area contributed by atoms with Crippen molar-refractivity contribution in [3.63, 3.8) is 0 Å². The van der Waals surface area contributed by atoms with Crippen LogP contribution >= 0.6 is 0 Å². The standard InChI is InChI=1S/C20H12.C2H6O2/c1-5-13-6-2-11-17-18-12-4-8-14-7-3-10-16(20(14)18)15(9-1)19(13)17;1-3-4-2/h1-12H;1-2H3. The summed E-state index contributed by atoms with van der Waals surface area (Å²) in [7, 11) is 2.92. The van der Waals surface area contributed by atoms with Crippen molar-refractivity contribution in [2.24, 2.45) is 0 Å². The van der Waals surface area contributed by atoms with Crippen LogP contribution < -0.4 is 0 Å². The van der Waals surface area contributed by atoms with E-state index in [4.69, 9.17) is 0 Å². The molecule has 0 unspecified atom stereocenters. The lowest BCUT2D eigenvalue weighted by Gasteiger charge is -2.13. The van der Waals surface area contributed by atoms with Gasteiger partial charge in [0.15, 0.2) is 0 Å². The zero-order valence-corrected chi connectivity index (χ0v) is 13.7. The predicted octanol–water partition coefficient (Wildman–Crippen LogP) is 5.93. The van der Waals surface area contributed by atoms with Gasteiger partial charge in [0.25, 0.3) is 0 Å². The van der Waals surface area contributed by atoms with Gasteiger partial charge in [-0.25, -0.2) is 9.78 Å². The Balaban J connectivity index is 0.000000332. The first-order valence-corrected chi connectivity index (χ1v) is 7.96. The Morgan fingerprint density at radius 2 is 0.750 bits per heavy atom. The van der Waals surface area contributed by atoms with E-state index in [9.17, 15) is 0 Å². The Morgan fingerprint density at radius 1 is 0.458 bits per heavy atom. The van der Waals surface area contributed by atoms with Crippen molar-refractivity contribution in [3.05, 3.63) is 72.8 Å². The van der Waals surface area contributed by atoms with Crippen molar-refractivity contribution in [3.8, 4) is 0 Å². The van der Waals surface area contributed by atoms with E-state index in [0.29, 0.717) is 0 Å². The van der Waals surface area contributed by atoms with Gasteiger partial charge in [-0.15, -0.1) is 0 Å². The molecule has 0 spiro atoms. The maximum Gasteiger partial charge on any atom is 0.0712 e. The van der Waals surface area contributed by atoms with E-state index in [0.717, 1.165) is 0 Å².